The molecule has 0 rings (SSSR count). The molecule has 0 aliphatic carbocycles. The zero-order valence-electron chi connectivity index (χ0n) is 10.6. The van der Waals surface area contributed by atoms with Crippen molar-refractivity contribution in [3.8, 4) is 0 Å². The van der Waals surface area contributed by atoms with Gasteiger partial charge in [-0.1, -0.05) is 6.58 Å². The summed E-state index contributed by atoms with van der Waals surface area (Å²) in [5.74, 6) is -0.290. The topological polar surface area (TPSA) is 61.3 Å². The quantitative estimate of drug-likeness (QED) is 0.189. The van der Waals surface area contributed by atoms with E-state index in [1.807, 2.05) is 0 Å². The Kier molecular flexibility index (Phi) is 19.2. The first-order chi connectivity index (χ1) is 5.83. The molecule has 0 radical (unpaired) electrons. The summed E-state index contributed by atoms with van der Waals surface area (Å²) < 4.78 is 5.84. The summed E-state index contributed by atoms with van der Waals surface area (Å²) in [6, 6.07) is 0. The van der Waals surface area contributed by atoms with Crippen molar-refractivity contribution in [2.24, 2.45) is 0 Å². The maximum atomic E-state index is 10.9. The summed E-state index contributed by atoms with van der Waals surface area (Å²) in [7, 11) is 6.34. The number of esters is 1. The van der Waals surface area contributed by atoms with Crippen LogP contribution < -0.4 is 30.1 Å². The molecule has 4 nitrogen and oxygen atoms in total. The maximum Gasteiger partial charge on any atom is 0.333 e. The second-order valence-electron chi connectivity index (χ2n) is 4.28. The summed E-state index contributed by atoms with van der Waals surface area (Å²) in [5.41, 5.74) is 0.463. The Morgan fingerprint density at radius 3 is 2.06 bits per heavy atom. The Balaban J connectivity index is -0.000000240. The van der Waals surface area contributed by atoms with Crippen LogP contribution in [0, 0.1) is 0 Å². The molecule has 3 N–H and O–H groups in total. The highest BCUT2D eigenvalue weighted by molar-refractivity contribution is 14.0. The van der Waals surface area contributed by atoms with Gasteiger partial charge >= 0.3 is 5.97 Å². The van der Waals surface area contributed by atoms with Gasteiger partial charge in [-0.2, -0.15) is 0 Å². The van der Waals surface area contributed by atoms with E-state index in [0.29, 0.717) is 12.2 Å². The molecule has 0 spiro atoms. The van der Waals surface area contributed by atoms with Gasteiger partial charge < -0.3 is 39.3 Å². The summed E-state index contributed by atoms with van der Waals surface area (Å²) in [4.78, 5) is 10.9. The first-order valence-corrected chi connectivity index (χ1v) is 4.46. The standard InChI is InChI=1S/C10H20NO2.2HI.H3N/c1-9(2)10(12)13-8-6-7-11(3,4)5;;;/h1,6-8H2,2-5H3;2*1H;1H3/q+1;;;/p-1. The van der Waals surface area contributed by atoms with Crippen molar-refractivity contribution in [2.45, 2.75) is 13.3 Å². The molecule has 0 fully saturated rings. The highest BCUT2D eigenvalue weighted by atomic mass is 127. The van der Waals surface area contributed by atoms with Crippen LogP contribution in [0.3, 0.4) is 0 Å². The molecule has 0 saturated carbocycles. The third kappa shape index (κ3) is 17.0. The van der Waals surface area contributed by atoms with Crippen molar-refractivity contribution < 1.29 is 38.0 Å². The highest BCUT2D eigenvalue weighted by Gasteiger charge is 2.07. The van der Waals surface area contributed by atoms with Crippen LogP contribution in [-0.2, 0) is 9.53 Å². The van der Waals surface area contributed by atoms with E-state index in [1.54, 1.807) is 6.92 Å². The van der Waals surface area contributed by atoms with E-state index < -0.39 is 0 Å². The maximum absolute atomic E-state index is 10.9. The van der Waals surface area contributed by atoms with Gasteiger partial charge in [-0.05, 0) is 6.92 Å². The number of hydrogen-bond donors (Lipinski definition) is 1. The summed E-state index contributed by atoms with van der Waals surface area (Å²) in [6.45, 7) is 6.65. The largest absolute Gasteiger partial charge is 1.00 e. The van der Waals surface area contributed by atoms with Crippen molar-refractivity contribution in [3.63, 3.8) is 0 Å². The van der Waals surface area contributed by atoms with Crippen LogP contribution in [0.4, 0.5) is 0 Å². The SMILES string of the molecule is C=C(C)C(=O)OCCC[N+](C)(C)C.I.N.[I-]. The van der Waals surface area contributed by atoms with E-state index in [1.165, 1.54) is 0 Å². The van der Waals surface area contributed by atoms with Gasteiger partial charge in [-0.3, -0.25) is 0 Å². The van der Waals surface area contributed by atoms with E-state index in [9.17, 15) is 4.79 Å². The normalized spacial score (nSPS) is 9.00. The van der Waals surface area contributed by atoms with Crippen LogP contribution in [-0.4, -0.2) is 44.7 Å². The Bertz CT molecular complexity index is 203. The summed E-state index contributed by atoms with van der Waals surface area (Å²) in [6.07, 6.45) is 0.891. The molecule has 16 heavy (non-hydrogen) atoms. The van der Waals surface area contributed by atoms with E-state index in [4.69, 9.17) is 4.74 Å². The average molecular weight is 458 g/mol. The van der Waals surface area contributed by atoms with E-state index in [0.717, 1.165) is 17.4 Å². The van der Waals surface area contributed by atoms with Gasteiger partial charge in [0, 0.05) is 12.0 Å². The third-order valence-electron chi connectivity index (χ3n) is 1.55. The van der Waals surface area contributed by atoms with Crippen LogP contribution >= 0.6 is 24.0 Å². The molecule has 0 aromatic carbocycles. The van der Waals surface area contributed by atoms with Gasteiger partial charge in [-0.15, -0.1) is 24.0 Å². The molecule has 0 heterocycles. The Morgan fingerprint density at radius 2 is 1.75 bits per heavy atom. The van der Waals surface area contributed by atoms with Gasteiger partial charge in [-0.25, -0.2) is 4.79 Å². The fourth-order valence-electron chi connectivity index (χ4n) is 0.827. The fourth-order valence-corrected chi connectivity index (χ4v) is 0.827. The lowest BCUT2D eigenvalue weighted by molar-refractivity contribution is -0.870. The van der Waals surface area contributed by atoms with Gasteiger partial charge in [0.05, 0.1) is 34.3 Å². The molecule has 6 heteroatoms. The van der Waals surface area contributed by atoms with Crippen molar-refractivity contribution in [1.29, 1.82) is 0 Å². The first-order valence-electron chi connectivity index (χ1n) is 4.46. The Morgan fingerprint density at radius 1 is 1.31 bits per heavy atom. The Hall–Kier alpha value is 0.590. The van der Waals surface area contributed by atoms with Crippen molar-refractivity contribution in [3.05, 3.63) is 12.2 Å². The lowest BCUT2D eigenvalue weighted by Gasteiger charge is -2.23. The smallest absolute Gasteiger partial charge is 0.333 e. The minimum absolute atomic E-state index is 0. The molecule has 0 aromatic heterocycles. The molecule has 0 unspecified atom stereocenters. The summed E-state index contributed by atoms with van der Waals surface area (Å²) in [5, 5.41) is 0. The van der Waals surface area contributed by atoms with E-state index >= 15 is 0 Å². The van der Waals surface area contributed by atoms with Gasteiger partial charge in [0.2, 0.25) is 0 Å². The molecule has 0 aliphatic rings. The lowest BCUT2D eigenvalue weighted by Crippen LogP contribution is -3.00. The average Bonchev–Trinajstić information content (AvgIpc) is 1.95. The number of quaternary nitrogens is 1. The number of ether oxygens (including phenoxy) is 1. The molecule has 0 aromatic rings. The zero-order valence-corrected chi connectivity index (χ0v) is 15.1. The molecular weight excluding hydrogens is 434 g/mol. The number of carbonyl (C=O) groups excluding carboxylic acids is 1. The number of carbonyl (C=O) groups is 1. The van der Waals surface area contributed by atoms with Crippen LogP contribution in [0.1, 0.15) is 13.3 Å². The summed E-state index contributed by atoms with van der Waals surface area (Å²) >= 11 is 0. The minimum Gasteiger partial charge on any atom is -1.00 e. The number of rotatable bonds is 5. The highest BCUT2D eigenvalue weighted by Crippen LogP contribution is 1.96. The van der Waals surface area contributed by atoms with Gasteiger partial charge in [0.1, 0.15) is 0 Å². The zero-order chi connectivity index (χ0) is 10.5. The van der Waals surface area contributed by atoms with Crippen LogP contribution in [0.2, 0.25) is 0 Å². The number of halogens is 2. The third-order valence-corrected chi connectivity index (χ3v) is 1.55. The van der Waals surface area contributed by atoms with Crippen molar-refractivity contribution in [2.75, 3.05) is 34.3 Å². The predicted molar refractivity (Wildman–Crippen MR) is 73.7 cm³/mol. The fraction of sp³-hybridized carbons (Fsp3) is 0.700. The van der Waals surface area contributed by atoms with Crippen molar-refractivity contribution in [1.82, 2.24) is 6.15 Å². The van der Waals surface area contributed by atoms with Gasteiger partial charge in [0.25, 0.3) is 0 Å². The van der Waals surface area contributed by atoms with Crippen LogP contribution in [0.15, 0.2) is 12.2 Å². The molecule has 0 bridgehead atoms. The van der Waals surface area contributed by atoms with Crippen LogP contribution in [0.5, 0.6) is 0 Å². The lowest BCUT2D eigenvalue weighted by atomic mass is 10.3. The van der Waals surface area contributed by atoms with E-state index in [-0.39, 0.29) is 60.1 Å². The molecular formula is C10H24I2N2O2. The molecule has 100 valence electrons. The molecule has 0 aliphatic heterocycles. The van der Waals surface area contributed by atoms with Crippen molar-refractivity contribution >= 4 is 29.9 Å². The predicted octanol–water partition coefficient (Wildman–Crippen LogP) is -1.01. The monoisotopic (exact) mass is 458 g/mol. The second kappa shape index (κ2) is 12.1. The van der Waals surface area contributed by atoms with Gasteiger partial charge in [0.15, 0.2) is 0 Å². The first kappa shape index (κ1) is 25.4. The van der Waals surface area contributed by atoms with E-state index in [2.05, 4.69) is 27.7 Å². The number of nitrogens with zero attached hydrogens (tertiary/aromatic N) is 1. The Labute approximate surface area is 133 Å². The van der Waals surface area contributed by atoms with Crippen LogP contribution in [0.25, 0.3) is 0 Å². The molecule has 0 amide bonds. The molecule has 0 atom stereocenters. The second-order valence-corrected chi connectivity index (χ2v) is 4.28. The molecule has 0 saturated heterocycles. The minimum atomic E-state index is -0.290. The number of hydrogen-bond acceptors (Lipinski definition) is 3.